The number of aryl methyl sites for hydroxylation is 1. The maximum atomic E-state index is 12.0. The van der Waals surface area contributed by atoms with E-state index in [2.05, 4.69) is 31.9 Å². The number of amides is 1. The van der Waals surface area contributed by atoms with Gasteiger partial charge >= 0.3 is 0 Å². The van der Waals surface area contributed by atoms with Gasteiger partial charge in [-0.2, -0.15) is 5.26 Å². The second kappa shape index (κ2) is 9.02. The van der Waals surface area contributed by atoms with E-state index in [9.17, 15) is 10.1 Å². The minimum absolute atomic E-state index is 0.0714. The first-order chi connectivity index (χ1) is 12.3. The summed E-state index contributed by atoms with van der Waals surface area (Å²) in [5, 5.41) is 9.22. The quantitative estimate of drug-likeness (QED) is 0.445. The summed E-state index contributed by atoms with van der Waals surface area (Å²) in [6, 6.07) is 13.7. The molecule has 0 bridgehead atoms. The molecule has 134 valence electrons. The summed E-state index contributed by atoms with van der Waals surface area (Å²) in [6.07, 6.45) is 1.56. The van der Waals surface area contributed by atoms with E-state index in [4.69, 9.17) is 4.74 Å². The van der Waals surface area contributed by atoms with Gasteiger partial charge in [-0.15, -0.1) is 0 Å². The molecule has 0 N–H and O–H groups in total. The highest BCUT2D eigenvalue weighted by Gasteiger charge is 2.13. The van der Waals surface area contributed by atoms with Crippen molar-refractivity contribution in [2.24, 2.45) is 0 Å². The average molecular weight is 478 g/mol. The van der Waals surface area contributed by atoms with E-state index in [1.165, 1.54) is 10.5 Å². The Balaban J connectivity index is 2.23. The molecule has 6 heteroatoms. The Morgan fingerprint density at radius 2 is 1.77 bits per heavy atom. The first-order valence-electron chi connectivity index (χ1n) is 7.82. The Labute approximate surface area is 170 Å². The number of benzene rings is 2. The van der Waals surface area contributed by atoms with Crippen molar-refractivity contribution in [3.63, 3.8) is 0 Å². The van der Waals surface area contributed by atoms with E-state index in [1.807, 2.05) is 49.4 Å². The third kappa shape index (κ3) is 5.20. The lowest BCUT2D eigenvalue weighted by Crippen LogP contribution is -2.22. The first-order valence-corrected chi connectivity index (χ1v) is 9.41. The Kier molecular flexibility index (Phi) is 7.01. The fourth-order valence-corrected chi connectivity index (χ4v) is 3.64. The molecular weight excluding hydrogens is 460 g/mol. The van der Waals surface area contributed by atoms with Gasteiger partial charge in [-0.25, -0.2) is 0 Å². The molecule has 0 aliphatic carbocycles. The number of nitriles is 1. The standard InChI is InChI=1S/C20H18Br2N2O2/c1-13-4-6-14(7-5-13)12-26-19-17(21)9-15(10-18(19)22)8-16(11-23)20(25)24(2)3/h4-10H,12H2,1-3H3/b16-8-. The van der Waals surface area contributed by atoms with Crippen molar-refractivity contribution in [2.45, 2.75) is 13.5 Å². The van der Waals surface area contributed by atoms with Crippen LogP contribution < -0.4 is 4.74 Å². The van der Waals surface area contributed by atoms with Crippen molar-refractivity contribution < 1.29 is 9.53 Å². The van der Waals surface area contributed by atoms with Crippen LogP contribution in [0.2, 0.25) is 0 Å². The predicted molar refractivity (Wildman–Crippen MR) is 110 cm³/mol. The van der Waals surface area contributed by atoms with Crippen LogP contribution in [-0.2, 0) is 11.4 Å². The van der Waals surface area contributed by atoms with Gasteiger partial charge in [0.25, 0.3) is 5.91 Å². The molecule has 2 aromatic carbocycles. The van der Waals surface area contributed by atoms with Crippen molar-refractivity contribution >= 4 is 43.8 Å². The van der Waals surface area contributed by atoms with Crippen LogP contribution in [-0.4, -0.2) is 24.9 Å². The third-order valence-corrected chi connectivity index (χ3v) is 4.77. The number of ether oxygens (including phenoxy) is 1. The molecule has 26 heavy (non-hydrogen) atoms. The molecule has 0 aliphatic rings. The lowest BCUT2D eigenvalue weighted by atomic mass is 10.1. The van der Waals surface area contributed by atoms with Crippen molar-refractivity contribution in [3.8, 4) is 11.8 Å². The maximum Gasteiger partial charge on any atom is 0.264 e. The summed E-state index contributed by atoms with van der Waals surface area (Å²) in [7, 11) is 3.22. The van der Waals surface area contributed by atoms with Gasteiger partial charge in [0.1, 0.15) is 24.0 Å². The zero-order chi connectivity index (χ0) is 19.3. The summed E-state index contributed by atoms with van der Waals surface area (Å²) >= 11 is 7.00. The number of hydrogen-bond donors (Lipinski definition) is 0. The van der Waals surface area contributed by atoms with Gasteiger partial charge in [-0.05, 0) is 68.1 Å². The lowest BCUT2D eigenvalue weighted by Gasteiger charge is -2.12. The summed E-state index contributed by atoms with van der Waals surface area (Å²) in [5.41, 5.74) is 3.06. The Hall–Kier alpha value is -2.10. The smallest absolute Gasteiger partial charge is 0.264 e. The second-order valence-corrected chi connectivity index (χ2v) is 7.67. The van der Waals surface area contributed by atoms with Gasteiger partial charge in [-0.3, -0.25) is 4.79 Å². The fraction of sp³-hybridized carbons (Fsp3) is 0.200. The van der Waals surface area contributed by atoms with Crippen LogP contribution in [0, 0.1) is 18.3 Å². The largest absolute Gasteiger partial charge is 0.487 e. The van der Waals surface area contributed by atoms with Crippen molar-refractivity contribution in [2.75, 3.05) is 14.1 Å². The molecule has 1 amide bonds. The molecule has 0 aliphatic heterocycles. The van der Waals surface area contributed by atoms with Gasteiger partial charge in [0, 0.05) is 14.1 Å². The number of rotatable bonds is 5. The fourth-order valence-electron chi connectivity index (χ4n) is 2.19. The van der Waals surface area contributed by atoms with Crippen LogP contribution in [0.5, 0.6) is 5.75 Å². The topological polar surface area (TPSA) is 53.3 Å². The highest BCUT2D eigenvalue weighted by molar-refractivity contribution is 9.11. The van der Waals surface area contributed by atoms with E-state index < -0.39 is 0 Å². The minimum atomic E-state index is -0.334. The highest BCUT2D eigenvalue weighted by atomic mass is 79.9. The summed E-state index contributed by atoms with van der Waals surface area (Å²) in [6.45, 7) is 2.48. The van der Waals surface area contributed by atoms with E-state index >= 15 is 0 Å². The predicted octanol–water partition coefficient (Wildman–Crippen LogP) is 5.09. The van der Waals surface area contributed by atoms with Gasteiger partial charge in [0.15, 0.2) is 0 Å². The third-order valence-electron chi connectivity index (χ3n) is 3.59. The van der Waals surface area contributed by atoms with Gasteiger partial charge < -0.3 is 9.64 Å². The molecule has 0 radical (unpaired) electrons. The summed E-state index contributed by atoms with van der Waals surface area (Å²) in [5.74, 6) is 0.333. The van der Waals surface area contributed by atoms with E-state index in [0.717, 1.165) is 20.1 Å². The molecule has 4 nitrogen and oxygen atoms in total. The molecule has 0 unspecified atom stereocenters. The molecule has 0 atom stereocenters. The molecule has 2 aromatic rings. The van der Waals surface area contributed by atoms with Crippen LogP contribution in [0.4, 0.5) is 0 Å². The van der Waals surface area contributed by atoms with Crippen LogP contribution in [0.1, 0.15) is 16.7 Å². The molecule has 0 fully saturated rings. The molecule has 0 saturated heterocycles. The van der Waals surface area contributed by atoms with Crippen LogP contribution in [0.15, 0.2) is 50.9 Å². The number of carbonyl (C=O) groups excluding carboxylic acids is 1. The highest BCUT2D eigenvalue weighted by Crippen LogP contribution is 2.36. The van der Waals surface area contributed by atoms with Gasteiger partial charge in [0.2, 0.25) is 0 Å². The molecule has 0 heterocycles. The van der Waals surface area contributed by atoms with Crippen LogP contribution in [0.3, 0.4) is 0 Å². The summed E-state index contributed by atoms with van der Waals surface area (Å²) in [4.78, 5) is 13.4. The Morgan fingerprint density at radius 3 is 2.27 bits per heavy atom. The maximum absolute atomic E-state index is 12.0. The number of halogens is 2. The second-order valence-electron chi connectivity index (χ2n) is 5.96. The molecule has 2 rings (SSSR count). The van der Waals surface area contributed by atoms with Crippen molar-refractivity contribution in [3.05, 3.63) is 67.6 Å². The number of likely N-dealkylation sites (N-methyl/N-ethyl adjacent to an activating group) is 1. The molecule has 0 saturated carbocycles. The van der Waals surface area contributed by atoms with Crippen LogP contribution >= 0.6 is 31.9 Å². The monoisotopic (exact) mass is 476 g/mol. The number of nitrogens with zero attached hydrogens (tertiary/aromatic N) is 2. The normalized spacial score (nSPS) is 11.0. The van der Waals surface area contributed by atoms with E-state index in [1.54, 1.807) is 20.2 Å². The Morgan fingerprint density at radius 1 is 1.19 bits per heavy atom. The van der Waals surface area contributed by atoms with E-state index in [-0.39, 0.29) is 11.5 Å². The first kappa shape index (κ1) is 20.2. The minimum Gasteiger partial charge on any atom is -0.487 e. The molecule has 0 spiro atoms. The Bertz CT molecular complexity index is 859. The number of hydrogen-bond acceptors (Lipinski definition) is 3. The summed E-state index contributed by atoms with van der Waals surface area (Å²) < 4.78 is 7.38. The molecular formula is C20H18Br2N2O2. The lowest BCUT2D eigenvalue weighted by molar-refractivity contribution is -0.124. The SMILES string of the molecule is Cc1ccc(COc2c(Br)cc(/C=C(/C#N)C(=O)N(C)C)cc2Br)cc1. The van der Waals surface area contributed by atoms with Crippen LogP contribution in [0.25, 0.3) is 6.08 Å². The van der Waals surface area contributed by atoms with Gasteiger partial charge in [0.05, 0.1) is 8.95 Å². The number of carbonyl (C=O) groups is 1. The zero-order valence-corrected chi connectivity index (χ0v) is 17.9. The zero-order valence-electron chi connectivity index (χ0n) is 14.7. The molecule has 0 aromatic heterocycles. The van der Waals surface area contributed by atoms with Crippen molar-refractivity contribution in [1.82, 2.24) is 4.90 Å². The van der Waals surface area contributed by atoms with Crippen molar-refractivity contribution in [1.29, 1.82) is 5.26 Å². The average Bonchev–Trinajstić information content (AvgIpc) is 2.59. The van der Waals surface area contributed by atoms with E-state index in [0.29, 0.717) is 12.4 Å². The van der Waals surface area contributed by atoms with Gasteiger partial charge in [-0.1, -0.05) is 29.8 Å².